The van der Waals surface area contributed by atoms with Gasteiger partial charge >= 0.3 is 6.18 Å². The summed E-state index contributed by atoms with van der Waals surface area (Å²) < 4.78 is 46.9. The van der Waals surface area contributed by atoms with Crippen LogP contribution in [0.1, 0.15) is 48.9 Å². The van der Waals surface area contributed by atoms with Gasteiger partial charge in [-0.05, 0) is 50.8 Å². The molecule has 2 amide bonds. The van der Waals surface area contributed by atoms with Crippen LogP contribution in [0.15, 0.2) is 18.2 Å². The molecule has 0 spiro atoms. The van der Waals surface area contributed by atoms with Crippen molar-refractivity contribution in [2.24, 2.45) is 5.92 Å². The number of rotatable bonds is 3. The van der Waals surface area contributed by atoms with E-state index >= 15 is 0 Å². The van der Waals surface area contributed by atoms with E-state index in [9.17, 15) is 33.0 Å². The number of alkyl halides is 3. The number of carbonyl (C=O) groups is 2. The Morgan fingerprint density at radius 2 is 1.67 bits per heavy atom. The Hall–Kier alpha value is -3.52. The number of imide groups is 1. The number of aromatic nitrogens is 1. The number of nitrogens with zero attached hydrogens (tertiary/aromatic N) is 3. The third-order valence-corrected chi connectivity index (χ3v) is 6.61. The van der Waals surface area contributed by atoms with E-state index in [1.807, 2.05) is 0 Å². The summed E-state index contributed by atoms with van der Waals surface area (Å²) in [5.41, 5.74) is -6.17. The summed E-state index contributed by atoms with van der Waals surface area (Å²) in [5, 5.41) is 31.0. The van der Waals surface area contributed by atoms with Crippen molar-refractivity contribution in [3.8, 4) is 23.5 Å². The highest BCUT2D eigenvalue weighted by atomic mass is 19.4. The molecule has 1 saturated carbocycles. The van der Waals surface area contributed by atoms with Gasteiger partial charge in [0.2, 0.25) is 11.8 Å². The van der Waals surface area contributed by atoms with Crippen LogP contribution in [0.5, 0.6) is 11.8 Å². The molecule has 0 radical (unpaired) electrons. The molecule has 3 aliphatic rings. The lowest BCUT2D eigenvalue weighted by Gasteiger charge is -2.41. The van der Waals surface area contributed by atoms with Crippen molar-refractivity contribution < 1.29 is 37.7 Å². The molecular formula is C22H18F3N3O5. The minimum Gasteiger partial charge on any atom is -0.494 e. The normalized spacial score (nSPS) is 26.5. The van der Waals surface area contributed by atoms with Crippen LogP contribution in [0.25, 0.3) is 5.69 Å². The van der Waals surface area contributed by atoms with Gasteiger partial charge in [0.25, 0.3) is 11.8 Å². The lowest BCUT2D eigenvalue weighted by Crippen LogP contribution is -2.59. The summed E-state index contributed by atoms with van der Waals surface area (Å²) in [6.45, 7) is 2.91. The van der Waals surface area contributed by atoms with Crippen LogP contribution in [0, 0.1) is 17.2 Å². The molecule has 1 aromatic carbocycles. The molecule has 2 N–H and O–H groups in total. The predicted octanol–water partition coefficient (Wildman–Crippen LogP) is 3.02. The molecule has 8 nitrogen and oxygen atoms in total. The van der Waals surface area contributed by atoms with Crippen LogP contribution in [-0.4, -0.2) is 38.0 Å². The fourth-order valence-corrected chi connectivity index (χ4v) is 4.84. The topological polar surface area (TPSA) is 116 Å². The zero-order valence-corrected chi connectivity index (χ0v) is 17.5. The maximum atomic E-state index is 13.5. The summed E-state index contributed by atoms with van der Waals surface area (Å²) in [6, 6.07) is 4.10. The molecule has 5 rings (SSSR count). The number of nitriles is 1. The van der Waals surface area contributed by atoms with Crippen molar-refractivity contribution in [3.63, 3.8) is 0 Å². The van der Waals surface area contributed by atoms with Crippen molar-refractivity contribution in [3.05, 3.63) is 40.5 Å². The van der Waals surface area contributed by atoms with Crippen molar-refractivity contribution in [1.29, 1.82) is 5.26 Å². The number of aromatic hydroxyl groups is 2. The second-order valence-electron chi connectivity index (χ2n) is 8.90. The predicted molar refractivity (Wildman–Crippen MR) is 104 cm³/mol. The van der Waals surface area contributed by atoms with E-state index in [2.05, 4.69) is 0 Å². The van der Waals surface area contributed by atoms with Gasteiger partial charge in [-0.25, -0.2) is 0 Å². The summed E-state index contributed by atoms with van der Waals surface area (Å²) >= 11 is 0. The zero-order valence-electron chi connectivity index (χ0n) is 17.5. The third kappa shape index (κ3) is 2.67. The Kier molecular flexibility index (Phi) is 4.07. The molecule has 172 valence electrons. The third-order valence-electron chi connectivity index (χ3n) is 6.61. The zero-order chi connectivity index (χ0) is 24.1. The van der Waals surface area contributed by atoms with Crippen LogP contribution in [0.3, 0.4) is 0 Å². The number of carbonyl (C=O) groups excluding carboxylic acids is 2. The highest BCUT2D eigenvalue weighted by Gasteiger charge is 2.68. The van der Waals surface area contributed by atoms with Crippen LogP contribution < -0.4 is 0 Å². The van der Waals surface area contributed by atoms with E-state index in [1.165, 1.54) is 19.9 Å². The van der Waals surface area contributed by atoms with Gasteiger partial charge in [0.1, 0.15) is 0 Å². The average molecular weight is 461 g/mol. The summed E-state index contributed by atoms with van der Waals surface area (Å²) in [5.74, 6) is -2.68. The van der Waals surface area contributed by atoms with E-state index in [0.29, 0.717) is 6.07 Å². The molecule has 2 aliphatic heterocycles. The number of amides is 2. The van der Waals surface area contributed by atoms with Gasteiger partial charge in [-0.15, -0.1) is 0 Å². The number of morpholine rings is 1. The quantitative estimate of drug-likeness (QED) is 0.679. The SMILES string of the molecule is C[C@]12O[C@](C)(C(=O)N(CC3CC3)C1=O)c1c2c(O)n(-c2ccc(C#N)c(C(F)(F)F)c2)c1O. The number of halogens is 3. The van der Waals surface area contributed by atoms with Crippen molar-refractivity contribution in [2.45, 2.75) is 44.1 Å². The smallest absolute Gasteiger partial charge is 0.417 e. The van der Waals surface area contributed by atoms with E-state index < -0.39 is 52.1 Å². The maximum absolute atomic E-state index is 13.5. The van der Waals surface area contributed by atoms with E-state index in [1.54, 1.807) is 0 Å². The molecule has 11 heteroatoms. The first-order valence-corrected chi connectivity index (χ1v) is 10.2. The molecule has 1 saturated heterocycles. The standard InChI is InChI=1S/C22H18F3N3O5/c1-20-14-15(21(2,33-20)19(32)27(18(20)31)9-10-3-4-10)17(30)28(16(14)29)12-6-5-11(8-26)13(7-12)22(23,24)25/h5-7,10,29-30H,3-4,9H2,1-2H3/t20-,21+. The average Bonchev–Trinajstić information content (AvgIpc) is 3.47. The fourth-order valence-electron chi connectivity index (χ4n) is 4.84. The van der Waals surface area contributed by atoms with E-state index in [0.717, 1.165) is 34.4 Å². The molecule has 1 aliphatic carbocycles. The molecule has 2 aromatic rings. The Morgan fingerprint density at radius 1 is 1.12 bits per heavy atom. The first-order chi connectivity index (χ1) is 15.3. The van der Waals surface area contributed by atoms with Crippen molar-refractivity contribution in [2.75, 3.05) is 6.54 Å². The first kappa shape index (κ1) is 21.3. The molecule has 2 atom stereocenters. The molecule has 2 bridgehead atoms. The Balaban J connectivity index is 1.71. The number of ether oxygens (including phenoxy) is 1. The Bertz CT molecular complexity index is 1240. The lowest BCUT2D eigenvalue weighted by atomic mass is 9.93. The monoisotopic (exact) mass is 461 g/mol. The largest absolute Gasteiger partial charge is 0.494 e. The minimum absolute atomic E-state index is 0.169. The minimum atomic E-state index is -4.87. The van der Waals surface area contributed by atoms with Gasteiger partial charge in [0, 0.05) is 6.54 Å². The molecule has 2 fully saturated rings. The van der Waals surface area contributed by atoms with Crippen molar-refractivity contribution >= 4 is 11.8 Å². The second kappa shape index (κ2) is 6.29. The van der Waals surface area contributed by atoms with Gasteiger partial charge < -0.3 is 14.9 Å². The highest BCUT2D eigenvalue weighted by Crippen LogP contribution is 2.60. The number of benzene rings is 1. The Labute approximate surface area is 185 Å². The fraction of sp³-hybridized carbons (Fsp3) is 0.409. The molecule has 33 heavy (non-hydrogen) atoms. The Morgan fingerprint density at radius 3 is 2.12 bits per heavy atom. The van der Waals surface area contributed by atoms with Crippen LogP contribution in [0.2, 0.25) is 0 Å². The van der Waals surface area contributed by atoms with Crippen LogP contribution >= 0.6 is 0 Å². The lowest BCUT2D eigenvalue weighted by molar-refractivity contribution is -0.206. The van der Waals surface area contributed by atoms with Crippen LogP contribution in [0.4, 0.5) is 13.2 Å². The highest BCUT2D eigenvalue weighted by molar-refractivity contribution is 6.09. The van der Waals surface area contributed by atoms with Gasteiger partial charge in [-0.3, -0.25) is 19.1 Å². The molecular weight excluding hydrogens is 443 g/mol. The van der Waals surface area contributed by atoms with Gasteiger partial charge in [-0.2, -0.15) is 18.4 Å². The van der Waals surface area contributed by atoms with E-state index in [-0.39, 0.29) is 29.3 Å². The number of hydrogen-bond acceptors (Lipinski definition) is 6. The summed E-state index contributed by atoms with van der Waals surface area (Å²) in [7, 11) is 0. The van der Waals surface area contributed by atoms with Gasteiger partial charge in [0.15, 0.2) is 11.2 Å². The second-order valence-corrected chi connectivity index (χ2v) is 8.90. The van der Waals surface area contributed by atoms with Crippen molar-refractivity contribution in [1.82, 2.24) is 9.47 Å². The number of fused-ring (bicyclic) bond motifs is 5. The van der Waals surface area contributed by atoms with Crippen LogP contribution in [-0.2, 0) is 31.7 Å². The number of hydrogen-bond donors (Lipinski definition) is 2. The maximum Gasteiger partial charge on any atom is 0.417 e. The molecule has 0 unspecified atom stereocenters. The van der Waals surface area contributed by atoms with Gasteiger partial charge in [0.05, 0.1) is 34.0 Å². The van der Waals surface area contributed by atoms with Gasteiger partial charge in [-0.1, -0.05) is 0 Å². The molecule has 3 heterocycles. The summed E-state index contributed by atoms with van der Waals surface area (Å²) in [4.78, 5) is 27.6. The molecule has 1 aromatic heterocycles. The first-order valence-electron chi connectivity index (χ1n) is 10.2. The summed E-state index contributed by atoms with van der Waals surface area (Å²) in [6.07, 6.45) is -3.11. The van der Waals surface area contributed by atoms with E-state index in [4.69, 9.17) is 10.00 Å².